The summed E-state index contributed by atoms with van der Waals surface area (Å²) in [7, 11) is 0. The van der Waals surface area contributed by atoms with E-state index in [0.717, 1.165) is 0 Å². The van der Waals surface area contributed by atoms with Crippen molar-refractivity contribution in [1.29, 1.82) is 0 Å². The molecule has 0 nitrogen and oxygen atoms in total. The fourth-order valence-corrected chi connectivity index (χ4v) is 3.48. The van der Waals surface area contributed by atoms with Crippen molar-refractivity contribution >= 4 is 17.4 Å². The highest BCUT2D eigenvalue weighted by Crippen LogP contribution is 2.39. The summed E-state index contributed by atoms with van der Waals surface area (Å²) >= 11 is 1.89. The minimum Gasteiger partial charge on any atom is -0.147 e. The Bertz CT molecular complexity index is 561. The van der Waals surface area contributed by atoms with Gasteiger partial charge in [-0.05, 0) is 41.5 Å². The van der Waals surface area contributed by atoms with E-state index >= 15 is 0 Å². The van der Waals surface area contributed by atoms with Crippen molar-refractivity contribution in [2.45, 2.75) is 19.8 Å². The van der Waals surface area contributed by atoms with Crippen molar-refractivity contribution in [3.05, 3.63) is 62.9 Å². The number of allylic oxidation sites excluding steroid dienone is 1. The molecule has 1 aromatic heterocycles. The Morgan fingerprint density at radius 2 is 1.94 bits per heavy atom. The highest BCUT2D eigenvalue weighted by atomic mass is 32.1. The minimum absolute atomic E-state index is 0.481. The highest BCUT2D eigenvalue weighted by Gasteiger charge is 2.21. The molecule has 0 amide bonds. The van der Waals surface area contributed by atoms with E-state index in [1.165, 1.54) is 27.1 Å². The summed E-state index contributed by atoms with van der Waals surface area (Å²) in [4.78, 5) is 1.50. The third-order valence-electron chi connectivity index (χ3n) is 3.41. The number of benzene rings is 1. The van der Waals surface area contributed by atoms with Gasteiger partial charge < -0.3 is 0 Å². The van der Waals surface area contributed by atoms with Crippen molar-refractivity contribution < 1.29 is 0 Å². The van der Waals surface area contributed by atoms with Crippen molar-refractivity contribution in [3.63, 3.8) is 0 Å². The zero-order valence-corrected chi connectivity index (χ0v) is 10.3. The van der Waals surface area contributed by atoms with Crippen LogP contribution in [0.3, 0.4) is 0 Å². The normalized spacial score (nSPS) is 17.8. The third-order valence-corrected chi connectivity index (χ3v) is 4.69. The van der Waals surface area contributed by atoms with Crippen LogP contribution >= 0.6 is 11.3 Å². The molecule has 0 bridgehead atoms. The molecule has 0 saturated heterocycles. The summed E-state index contributed by atoms with van der Waals surface area (Å²) in [5, 5.41) is 2.26. The van der Waals surface area contributed by atoms with Gasteiger partial charge in [-0.1, -0.05) is 36.4 Å². The second-order valence-electron chi connectivity index (χ2n) is 4.37. The lowest BCUT2D eigenvalue weighted by atomic mass is 9.96. The molecule has 0 spiro atoms. The van der Waals surface area contributed by atoms with Crippen LogP contribution in [-0.4, -0.2) is 0 Å². The van der Waals surface area contributed by atoms with Crippen molar-refractivity contribution in [2.24, 2.45) is 0 Å². The molecule has 3 rings (SSSR count). The second-order valence-corrected chi connectivity index (χ2v) is 5.28. The Hall–Kier alpha value is -1.34. The molecule has 2 aromatic rings. The molecule has 0 aliphatic heterocycles. The van der Waals surface area contributed by atoms with Crippen LogP contribution in [0.1, 0.15) is 33.0 Å². The molecule has 0 radical (unpaired) electrons. The van der Waals surface area contributed by atoms with Crippen LogP contribution in [0.4, 0.5) is 0 Å². The number of aryl methyl sites for hydroxylation is 1. The van der Waals surface area contributed by atoms with Crippen LogP contribution in [0.25, 0.3) is 6.08 Å². The lowest BCUT2D eigenvalue weighted by Gasteiger charge is -2.10. The maximum atomic E-state index is 2.32. The maximum Gasteiger partial charge on any atom is 0.0375 e. The van der Waals surface area contributed by atoms with Gasteiger partial charge in [0.1, 0.15) is 0 Å². The van der Waals surface area contributed by atoms with E-state index in [0.29, 0.717) is 5.92 Å². The number of rotatable bonds is 1. The van der Waals surface area contributed by atoms with Gasteiger partial charge in [0.15, 0.2) is 0 Å². The van der Waals surface area contributed by atoms with Gasteiger partial charge in [-0.15, -0.1) is 11.3 Å². The molecule has 0 fully saturated rings. The monoisotopic (exact) mass is 226 g/mol. The predicted molar refractivity (Wildman–Crippen MR) is 71.1 cm³/mol. The minimum atomic E-state index is 0.481. The largest absolute Gasteiger partial charge is 0.147 e. The van der Waals surface area contributed by atoms with Gasteiger partial charge in [-0.25, -0.2) is 0 Å². The molecule has 0 N–H and O–H groups in total. The molecule has 1 heterocycles. The molecule has 80 valence electrons. The Labute approximate surface area is 100 Å². The summed E-state index contributed by atoms with van der Waals surface area (Å²) < 4.78 is 0. The first kappa shape index (κ1) is 9.86. The lowest BCUT2D eigenvalue weighted by molar-refractivity contribution is 1.06. The van der Waals surface area contributed by atoms with Gasteiger partial charge >= 0.3 is 0 Å². The van der Waals surface area contributed by atoms with E-state index in [2.05, 4.69) is 55.6 Å². The smallest absolute Gasteiger partial charge is 0.0375 e. The summed E-state index contributed by atoms with van der Waals surface area (Å²) in [5.74, 6) is 0.481. The molecular weight excluding hydrogens is 212 g/mol. The van der Waals surface area contributed by atoms with Gasteiger partial charge in [0.25, 0.3) is 0 Å². The average molecular weight is 226 g/mol. The highest BCUT2D eigenvalue weighted by molar-refractivity contribution is 7.10. The van der Waals surface area contributed by atoms with Gasteiger partial charge in [0, 0.05) is 10.8 Å². The van der Waals surface area contributed by atoms with Crippen LogP contribution in [0, 0.1) is 13.8 Å². The zero-order valence-electron chi connectivity index (χ0n) is 9.53. The first-order valence-electron chi connectivity index (χ1n) is 5.59. The number of fused-ring (bicyclic) bond motifs is 1. The van der Waals surface area contributed by atoms with Crippen molar-refractivity contribution in [1.82, 2.24) is 0 Å². The molecule has 1 unspecified atom stereocenters. The molecule has 1 atom stereocenters. The summed E-state index contributed by atoms with van der Waals surface area (Å²) in [6.45, 7) is 4.43. The van der Waals surface area contributed by atoms with E-state index < -0.39 is 0 Å². The van der Waals surface area contributed by atoms with Crippen LogP contribution in [-0.2, 0) is 0 Å². The molecule has 0 saturated carbocycles. The van der Waals surface area contributed by atoms with Crippen LogP contribution < -0.4 is 0 Å². The van der Waals surface area contributed by atoms with Crippen LogP contribution in [0.15, 0.2) is 35.7 Å². The van der Waals surface area contributed by atoms with Crippen LogP contribution in [0.2, 0.25) is 0 Å². The molecular formula is C15H14S. The second kappa shape index (κ2) is 3.60. The molecule has 1 aliphatic carbocycles. The topological polar surface area (TPSA) is 0 Å². The third kappa shape index (κ3) is 1.35. The van der Waals surface area contributed by atoms with Crippen molar-refractivity contribution in [3.8, 4) is 0 Å². The number of hydrogen-bond donors (Lipinski definition) is 0. The molecule has 1 aromatic carbocycles. The SMILES string of the molecule is Cc1csc(C2C=Cc3ccccc32)c1C. The van der Waals surface area contributed by atoms with Gasteiger partial charge in [0.2, 0.25) is 0 Å². The first-order chi connectivity index (χ1) is 7.77. The fraction of sp³-hybridized carbons (Fsp3) is 0.200. The van der Waals surface area contributed by atoms with E-state index in [1.54, 1.807) is 0 Å². The summed E-state index contributed by atoms with van der Waals surface area (Å²) in [6, 6.07) is 8.68. The lowest BCUT2D eigenvalue weighted by Crippen LogP contribution is -1.94. The van der Waals surface area contributed by atoms with E-state index in [9.17, 15) is 0 Å². The average Bonchev–Trinajstić information content (AvgIpc) is 2.85. The Balaban J connectivity index is 2.12. The van der Waals surface area contributed by atoms with Crippen LogP contribution in [0.5, 0.6) is 0 Å². The van der Waals surface area contributed by atoms with E-state index in [-0.39, 0.29) is 0 Å². The maximum absolute atomic E-state index is 2.32. The standard InChI is InChI=1S/C15H14S/c1-10-9-16-15(11(10)2)14-8-7-12-5-3-4-6-13(12)14/h3-9,14H,1-2H3. The summed E-state index contributed by atoms with van der Waals surface area (Å²) in [6.07, 6.45) is 4.57. The van der Waals surface area contributed by atoms with Gasteiger partial charge in [-0.2, -0.15) is 0 Å². The van der Waals surface area contributed by atoms with E-state index in [4.69, 9.17) is 0 Å². The number of hydrogen-bond acceptors (Lipinski definition) is 1. The fourth-order valence-electron chi connectivity index (χ4n) is 2.31. The zero-order chi connectivity index (χ0) is 11.1. The molecule has 1 aliphatic rings. The Morgan fingerprint density at radius 1 is 1.12 bits per heavy atom. The van der Waals surface area contributed by atoms with E-state index in [1.807, 2.05) is 11.3 Å². The number of thiophene rings is 1. The molecule has 1 heteroatoms. The Morgan fingerprint density at radius 3 is 2.69 bits per heavy atom. The van der Waals surface area contributed by atoms with Gasteiger partial charge in [0.05, 0.1) is 0 Å². The quantitative estimate of drug-likeness (QED) is 0.670. The van der Waals surface area contributed by atoms with Crippen molar-refractivity contribution in [2.75, 3.05) is 0 Å². The predicted octanol–water partition coefficient (Wildman–Crippen LogP) is 4.52. The Kier molecular flexibility index (Phi) is 2.22. The summed E-state index contributed by atoms with van der Waals surface area (Å²) in [5.41, 5.74) is 5.69. The first-order valence-corrected chi connectivity index (χ1v) is 6.47. The van der Waals surface area contributed by atoms with Gasteiger partial charge in [-0.3, -0.25) is 0 Å². The molecule has 16 heavy (non-hydrogen) atoms.